The van der Waals surface area contributed by atoms with E-state index < -0.39 is 0 Å². The van der Waals surface area contributed by atoms with Gasteiger partial charge in [0, 0.05) is 23.3 Å². The second kappa shape index (κ2) is 6.89. The van der Waals surface area contributed by atoms with Crippen molar-refractivity contribution in [3.05, 3.63) is 21.9 Å². The highest BCUT2D eigenvalue weighted by molar-refractivity contribution is 7.10. The fourth-order valence-corrected chi connectivity index (χ4v) is 3.22. The number of nitrogens with one attached hydrogen (secondary N) is 1. The minimum Gasteiger partial charge on any atom is -0.312 e. The van der Waals surface area contributed by atoms with Crippen molar-refractivity contribution >= 4 is 11.3 Å². The number of rotatable bonds is 6. The minimum atomic E-state index is 0.693. The maximum absolute atomic E-state index is 8.75. The fraction of sp³-hybridized carbons (Fsp3) is 0.643. The molecule has 1 saturated heterocycles. The summed E-state index contributed by atoms with van der Waals surface area (Å²) < 4.78 is 0. The molecule has 0 spiro atoms. The molecule has 0 radical (unpaired) electrons. The lowest BCUT2D eigenvalue weighted by Gasteiger charge is -2.20. The molecule has 1 aliphatic heterocycles. The van der Waals surface area contributed by atoms with Crippen LogP contribution in [0.25, 0.3) is 0 Å². The van der Waals surface area contributed by atoms with Gasteiger partial charge in [0.15, 0.2) is 0 Å². The van der Waals surface area contributed by atoms with Crippen LogP contribution in [0.1, 0.15) is 30.2 Å². The number of hydrogen-bond acceptors (Lipinski definition) is 4. The summed E-state index contributed by atoms with van der Waals surface area (Å²) in [5.74, 6) is 0.693. The SMILES string of the molecule is CC(CNCc1cc(C#N)cs1)CN1CCCC1. The van der Waals surface area contributed by atoms with Gasteiger partial charge in [0.25, 0.3) is 0 Å². The Balaban J connectivity index is 1.63. The molecule has 98 valence electrons. The van der Waals surface area contributed by atoms with Crippen LogP contribution in [0.4, 0.5) is 0 Å². The third-order valence-corrected chi connectivity index (χ3v) is 4.28. The van der Waals surface area contributed by atoms with E-state index in [1.165, 1.54) is 37.4 Å². The van der Waals surface area contributed by atoms with E-state index in [1.54, 1.807) is 11.3 Å². The van der Waals surface area contributed by atoms with E-state index >= 15 is 0 Å². The molecule has 0 aliphatic carbocycles. The molecule has 2 rings (SSSR count). The van der Waals surface area contributed by atoms with Crippen molar-refractivity contribution in [2.75, 3.05) is 26.2 Å². The zero-order chi connectivity index (χ0) is 12.8. The van der Waals surface area contributed by atoms with Crippen LogP contribution >= 0.6 is 11.3 Å². The van der Waals surface area contributed by atoms with Gasteiger partial charge < -0.3 is 10.2 Å². The fourth-order valence-electron chi connectivity index (χ4n) is 2.44. The first kappa shape index (κ1) is 13.5. The van der Waals surface area contributed by atoms with Gasteiger partial charge in [0.1, 0.15) is 6.07 Å². The maximum Gasteiger partial charge on any atom is 0.100 e. The molecule has 3 nitrogen and oxygen atoms in total. The van der Waals surface area contributed by atoms with Crippen molar-refractivity contribution < 1.29 is 0 Å². The molecule has 18 heavy (non-hydrogen) atoms. The number of nitriles is 1. The zero-order valence-electron chi connectivity index (χ0n) is 11.0. The van der Waals surface area contributed by atoms with Gasteiger partial charge in [-0.1, -0.05) is 6.92 Å². The summed E-state index contributed by atoms with van der Waals surface area (Å²) in [5, 5.41) is 14.2. The van der Waals surface area contributed by atoms with Crippen molar-refractivity contribution in [1.82, 2.24) is 10.2 Å². The van der Waals surface area contributed by atoms with Crippen molar-refractivity contribution in [2.24, 2.45) is 5.92 Å². The van der Waals surface area contributed by atoms with E-state index in [0.717, 1.165) is 18.7 Å². The summed E-state index contributed by atoms with van der Waals surface area (Å²) in [6.45, 7) is 8.01. The maximum atomic E-state index is 8.75. The Bertz CT molecular complexity index is 401. The molecule has 0 saturated carbocycles. The third-order valence-electron chi connectivity index (χ3n) is 3.34. The zero-order valence-corrected chi connectivity index (χ0v) is 11.8. The van der Waals surface area contributed by atoms with Gasteiger partial charge in [-0.05, 0) is 44.5 Å². The quantitative estimate of drug-likeness (QED) is 0.857. The average molecular weight is 263 g/mol. The molecule has 1 unspecified atom stereocenters. The molecule has 1 aromatic heterocycles. The molecular weight excluding hydrogens is 242 g/mol. The highest BCUT2D eigenvalue weighted by atomic mass is 32.1. The molecule has 2 heterocycles. The molecule has 1 atom stereocenters. The first-order valence-corrected chi connectivity index (χ1v) is 7.56. The smallest absolute Gasteiger partial charge is 0.100 e. The van der Waals surface area contributed by atoms with Crippen LogP contribution in [0.5, 0.6) is 0 Å². The van der Waals surface area contributed by atoms with Crippen LogP contribution in [-0.4, -0.2) is 31.1 Å². The van der Waals surface area contributed by atoms with E-state index in [0.29, 0.717) is 5.92 Å². The van der Waals surface area contributed by atoms with Gasteiger partial charge in [-0.15, -0.1) is 11.3 Å². The molecule has 1 aliphatic rings. The first-order valence-electron chi connectivity index (χ1n) is 6.68. The Hall–Kier alpha value is -0.890. The lowest BCUT2D eigenvalue weighted by molar-refractivity contribution is 0.283. The Morgan fingerprint density at radius 2 is 2.28 bits per heavy atom. The number of thiophene rings is 1. The second-order valence-corrected chi connectivity index (χ2v) is 6.15. The number of nitrogens with zero attached hydrogens (tertiary/aromatic N) is 2. The third kappa shape index (κ3) is 4.09. The number of hydrogen-bond donors (Lipinski definition) is 1. The molecular formula is C14H21N3S. The van der Waals surface area contributed by atoms with Crippen LogP contribution in [0.15, 0.2) is 11.4 Å². The Kier molecular flexibility index (Phi) is 5.18. The molecule has 0 bridgehead atoms. The normalized spacial score (nSPS) is 17.8. The van der Waals surface area contributed by atoms with Crippen LogP contribution in [0.2, 0.25) is 0 Å². The van der Waals surface area contributed by atoms with Crippen molar-refractivity contribution in [2.45, 2.75) is 26.3 Å². The molecule has 1 fully saturated rings. The Labute approximate surface area is 113 Å². The molecule has 1 aromatic rings. The van der Waals surface area contributed by atoms with Gasteiger partial charge in [0.2, 0.25) is 0 Å². The monoisotopic (exact) mass is 263 g/mol. The standard InChI is InChI=1S/C14H21N3S/c1-12(10-17-4-2-3-5-17)8-16-9-14-6-13(7-15)11-18-14/h6,11-12,16H,2-5,8-10H2,1H3. The predicted molar refractivity (Wildman–Crippen MR) is 75.6 cm³/mol. The topological polar surface area (TPSA) is 39.1 Å². The largest absolute Gasteiger partial charge is 0.312 e. The predicted octanol–water partition coefficient (Wildman–Crippen LogP) is 2.44. The summed E-state index contributed by atoms with van der Waals surface area (Å²) in [7, 11) is 0. The van der Waals surface area contributed by atoms with Gasteiger partial charge in [-0.25, -0.2) is 0 Å². The Morgan fingerprint density at radius 1 is 1.50 bits per heavy atom. The lowest BCUT2D eigenvalue weighted by Crippen LogP contribution is -2.31. The number of likely N-dealkylation sites (tertiary alicyclic amines) is 1. The summed E-state index contributed by atoms with van der Waals surface area (Å²) in [5.41, 5.74) is 0.780. The van der Waals surface area contributed by atoms with Gasteiger partial charge in [0.05, 0.1) is 5.56 Å². The molecule has 1 N–H and O–H groups in total. The van der Waals surface area contributed by atoms with Crippen molar-refractivity contribution in [3.8, 4) is 6.07 Å². The average Bonchev–Trinajstić information content (AvgIpc) is 3.00. The van der Waals surface area contributed by atoms with Crippen LogP contribution in [0.3, 0.4) is 0 Å². The summed E-state index contributed by atoms with van der Waals surface area (Å²) in [4.78, 5) is 3.81. The summed E-state index contributed by atoms with van der Waals surface area (Å²) >= 11 is 1.66. The van der Waals surface area contributed by atoms with Gasteiger partial charge >= 0.3 is 0 Å². The van der Waals surface area contributed by atoms with Crippen LogP contribution < -0.4 is 5.32 Å². The highest BCUT2D eigenvalue weighted by Gasteiger charge is 2.14. The molecule has 0 amide bonds. The molecule has 0 aromatic carbocycles. The van der Waals surface area contributed by atoms with E-state index in [9.17, 15) is 0 Å². The lowest BCUT2D eigenvalue weighted by atomic mass is 10.1. The van der Waals surface area contributed by atoms with Crippen LogP contribution in [0, 0.1) is 17.2 Å². The summed E-state index contributed by atoms with van der Waals surface area (Å²) in [6.07, 6.45) is 2.73. The molecule has 4 heteroatoms. The van der Waals surface area contributed by atoms with Crippen molar-refractivity contribution in [3.63, 3.8) is 0 Å². The Morgan fingerprint density at radius 3 is 2.94 bits per heavy atom. The highest BCUT2D eigenvalue weighted by Crippen LogP contribution is 2.14. The van der Waals surface area contributed by atoms with E-state index in [-0.39, 0.29) is 0 Å². The van der Waals surface area contributed by atoms with Crippen LogP contribution in [-0.2, 0) is 6.54 Å². The van der Waals surface area contributed by atoms with Crippen molar-refractivity contribution in [1.29, 1.82) is 5.26 Å². The second-order valence-electron chi connectivity index (χ2n) is 5.16. The minimum absolute atomic E-state index is 0.693. The van der Waals surface area contributed by atoms with Gasteiger partial charge in [-0.2, -0.15) is 5.26 Å². The summed E-state index contributed by atoms with van der Waals surface area (Å²) in [6, 6.07) is 4.15. The van der Waals surface area contributed by atoms with Gasteiger partial charge in [-0.3, -0.25) is 0 Å². The van der Waals surface area contributed by atoms with E-state index in [1.807, 2.05) is 11.4 Å². The van der Waals surface area contributed by atoms with E-state index in [2.05, 4.69) is 23.2 Å². The van der Waals surface area contributed by atoms with E-state index in [4.69, 9.17) is 5.26 Å². The first-order chi connectivity index (χ1) is 8.78.